The Morgan fingerprint density at radius 2 is 2.00 bits per heavy atom. The Balaban J connectivity index is 2.20. The predicted octanol–water partition coefficient (Wildman–Crippen LogP) is 2.70. The van der Waals surface area contributed by atoms with E-state index in [9.17, 15) is 4.79 Å². The Labute approximate surface area is 119 Å². The van der Waals surface area contributed by atoms with Gasteiger partial charge in [-0.2, -0.15) is 0 Å². The second-order valence-corrected chi connectivity index (χ2v) is 4.71. The van der Waals surface area contributed by atoms with Crippen LogP contribution in [0.25, 0.3) is 16.7 Å². The van der Waals surface area contributed by atoms with Crippen LogP contribution in [0.5, 0.6) is 0 Å². The number of carbonyl (C=O) groups is 1. The molecule has 1 aromatic carbocycles. The van der Waals surface area contributed by atoms with Gasteiger partial charge in [-0.1, -0.05) is 29.8 Å². The fraction of sp³-hybridized carbons (Fsp3) is 0.0714. The average molecular weight is 288 g/mol. The number of rotatable bonds is 3. The van der Waals surface area contributed by atoms with Crippen molar-refractivity contribution in [3.63, 3.8) is 0 Å². The highest BCUT2D eigenvalue weighted by Gasteiger charge is 2.12. The summed E-state index contributed by atoms with van der Waals surface area (Å²) in [6.07, 6.45) is 1.74. The fourth-order valence-electron chi connectivity index (χ4n) is 2.18. The predicted molar refractivity (Wildman–Crippen MR) is 75.2 cm³/mol. The van der Waals surface area contributed by atoms with Gasteiger partial charge in [-0.25, -0.2) is 0 Å². The lowest BCUT2D eigenvalue weighted by Crippen LogP contribution is -2.00. The normalized spacial score (nSPS) is 10.8. The van der Waals surface area contributed by atoms with Crippen molar-refractivity contribution >= 4 is 28.5 Å². The lowest BCUT2D eigenvalue weighted by Gasteiger charge is -2.02. The summed E-state index contributed by atoms with van der Waals surface area (Å²) in [5, 5.41) is 18.0. The van der Waals surface area contributed by atoms with Crippen LogP contribution >= 0.6 is 11.6 Å². The summed E-state index contributed by atoms with van der Waals surface area (Å²) >= 11 is 5.73. The van der Waals surface area contributed by atoms with Crippen molar-refractivity contribution < 1.29 is 9.90 Å². The van der Waals surface area contributed by atoms with Gasteiger partial charge in [0.25, 0.3) is 0 Å². The van der Waals surface area contributed by atoms with Crippen molar-refractivity contribution in [2.45, 2.75) is 6.42 Å². The minimum atomic E-state index is -0.866. The molecule has 5 nitrogen and oxygen atoms in total. The van der Waals surface area contributed by atoms with E-state index in [1.807, 2.05) is 28.8 Å². The molecule has 1 N–H and O–H groups in total. The van der Waals surface area contributed by atoms with Gasteiger partial charge in [0.15, 0.2) is 11.0 Å². The van der Waals surface area contributed by atoms with E-state index in [-0.39, 0.29) is 6.42 Å². The van der Waals surface area contributed by atoms with Crippen molar-refractivity contribution in [2.75, 3.05) is 0 Å². The second-order valence-electron chi connectivity index (χ2n) is 4.33. The molecule has 0 bridgehead atoms. The van der Waals surface area contributed by atoms with Gasteiger partial charge >= 0.3 is 5.97 Å². The van der Waals surface area contributed by atoms with Crippen LogP contribution in [0.3, 0.4) is 0 Å². The largest absolute Gasteiger partial charge is 0.481 e. The summed E-state index contributed by atoms with van der Waals surface area (Å²) < 4.78 is 1.82. The van der Waals surface area contributed by atoms with Crippen molar-refractivity contribution in [1.82, 2.24) is 14.8 Å². The summed E-state index contributed by atoms with van der Waals surface area (Å²) in [5.41, 5.74) is 1.63. The van der Waals surface area contributed by atoms with Gasteiger partial charge in [-0.3, -0.25) is 9.36 Å². The summed E-state index contributed by atoms with van der Waals surface area (Å²) in [5.74, 6) is -0.266. The summed E-state index contributed by atoms with van der Waals surface area (Å²) in [6, 6.07) is 11.0. The molecule has 3 aromatic rings. The highest BCUT2D eigenvalue weighted by molar-refractivity contribution is 6.29. The van der Waals surface area contributed by atoms with Crippen LogP contribution in [0.15, 0.2) is 42.6 Å². The zero-order valence-corrected chi connectivity index (χ0v) is 11.1. The van der Waals surface area contributed by atoms with Crippen molar-refractivity contribution in [1.29, 1.82) is 0 Å². The molecular weight excluding hydrogens is 278 g/mol. The number of halogens is 1. The van der Waals surface area contributed by atoms with E-state index < -0.39 is 5.97 Å². The molecule has 0 aliphatic rings. The molecule has 0 saturated heterocycles. The Bertz CT molecular complexity index is 781. The van der Waals surface area contributed by atoms with Crippen LogP contribution in [-0.4, -0.2) is 25.8 Å². The molecule has 20 heavy (non-hydrogen) atoms. The number of para-hydroxylation sites is 1. The maximum atomic E-state index is 10.9. The number of aliphatic carboxylic acids is 1. The average Bonchev–Trinajstić information content (AvgIpc) is 2.78. The lowest BCUT2D eigenvalue weighted by atomic mass is 10.1. The van der Waals surface area contributed by atoms with Gasteiger partial charge in [-0.05, 0) is 23.8 Å². The molecule has 0 atom stereocenters. The first-order valence-electron chi connectivity index (χ1n) is 5.95. The molecule has 2 aromatic heterocycles. The van der Waals surface area contributed by atoms with Crippen LogP contribution in [0, 0.1) is 0 Å². The van der Waals surface area contributed by atoms with E-state index in [4.69, 9.17) is 16.7 Å². The maximum absolute atomic E-state index is 10.9. The summed E-state index contributed by atoms with van der Waals surface area (Å²) in [6.45, 7) is 0. The molecule has 6 heteroatoms. The zero-order valence-electron chi connectivity index (χ0n) is 10.3. The van der Waals surface area contributed by atoms with Gasteiger partial charge in [0.2, 0.25) is 0 Å². The second kappa shape index (κ2) is 4.94. The third-order valence-electron chi connectivity index (χ3n) is 3.00. The molecule has 3 rings (SSSR count). The first kappa shape index (κ1) is 12.6. The number of benzene rings is 1. The van der Waals surface area contributed by atoms with Crippen LogP contribution in [-0.2, 0) is 11.2 Å². The maximum Gasteiger partial charge on any atom is 0.307 e. The molecule has 0 unspecified atom stereocenters. The number of hydrogen-bond acceptors (Lipinski definition) is 3. The van der Waals surface area contributed by atoms with Gasteiger partial charge in [0.1, 0.15) is 0 Å². The van der Waals surface area contributed by atoms with Gasteiger partial charge < -0.3 is 5.11 Å². The summed E-state index contributed by atoms with van der Waals surface area (Å²) in [7, 11) is 0. The van der Waals surface area contributed by atoms with E-state index in [1.54, 1.807) is 18.3 Å². The first-order chi connectivity index (χ1) is 9.65. The fourth-order valence-corrected chi connectivity index (χ4v) is 2.28. The van der Waals surface area contributed by atoms with E-state index in [0.29, 0.717) is 11.0 Å². The Morgan fingerprint density at radius 3 is 2.70 bits per heavy atom. The number of nitrogens with zero attached hydrogens (tertiary/aromatic N) is 3. The molecule has 0 spiro atoms. The van der Waals surface area contributed by atoms with E-state index in [0.717, 1.165) is 16.5 Å². The lowest BCUT2D eigenvalue weighted by molar-refractivity contribution is -0.136. The molecule has 0 aliphatic carbocycles. The Kier molecular flexibility index (Phi) is 3.12. The van der Waals surface area contributed by atoms with Gasteiger partial charge in [0.05, 0.1) is 11.9 Å². The quantitative estimate of drug-likeness (QED) is 0.804. The molecule has 0 fully saturated rings. The van der Waals surface area contributed by atoms with Crippen LogP contribution < -0.4 is 0 Å². The smallest absolute Gasteiger partial charge is 0.307 e. The van der Waals surface area contributed by atoms with E-state index in [1.165, 1.54) is 0 Å². The van der Waals surface area contributed by atoms with Gasteiger partial charge in [-0.15, -0.1) is 10.2 Å². The number of fused-ring (bicyclic) bond motifs is 1. The van der Waals surface area contributed by atoms with Gasteiger partial charge in [0, 0.05) is 11.6 Å². The number of aromatic nitrogens is 3. The molecule has 0 aliphatic heterocycles. The van der Waals surface area contributed by atoms with Crippen LogP contribution in [0.1, 0.15) is 5.56 Å². The minimum absolute atomic E-state index is 0.0332. The molecule has 2 heterocycles. The van der Waals surface area contributed by atoms with Crippen LogP contribution in [0.4, 0.5) is 0 Å². The Morgan fingerprint density at radius 1 is 1.20 bits per heavy atom. The highest BCUT2D eigenvalue weighted by Crippen LogP contribution is 2.24. The summed E-state index contributed by atoms with van der Waals surface area (Å²) in [4.78, 5) is 10.9. The monoisotopic (exact) mass is 287 g/mol. The topological polar surface area (TPSA) is 68.0 Å². The molecular formula is C14H10ClN3O2. The Hall–Kier alpha value is -2.40. The number of hydrogen-bond donors (Lipinski definition) is 1. The first-order valence-corrected chi connectivity index (χ1v) is 6.33. The van der Waals surface area contributed by atoms with E-state index in [2.05, 4.69) is 10.2 Å². The van der Waals surface area contributed by atoms with Crippen molar-refractivity contribution in [3.05, 3.63) is 53.3 Å². The minimum Gasteiger partial charge on any atom is -0.481 e. The van der Waals surface area contributed by atoms with Crippen molar-refractivity contribution in [2.24, 2.45) is 0 Å². The number of carboxylic acids is 1. The third-order valence-corrected chi connectivity index (χ3v) is 3.20. The SMILES string of the molecule is O=C(O)Cc1cn(-c2ccc(Cl)nn2)c2ccccc12. The number of carboxylic acid groups (broad SMARTS) is 1. The molecule has 100 valence electrons. The van der Waals surface area contributed by atoms with Crippen molar-refractivity contribution in [3.8, 4) is 5.82 Å². The van der Waals surface area contributed by atoms with E-state index >= 15 is 0 Å². The molecule has 0 amide bonds. The zero-order chi connectivity index (χ0) is 14.1. The van der Waals surface area contributed by atoms with Crippen LogP contribution in [0.2, 0.25) is 5.15 Å². The molecule has 0 saturated carbocycles. The highest BCUT2D eigenvalue weighted by atomic mass is 35.5. The third kappa shape index (κ3) is 2.23. The molecule has 0 radical (unpaired) electrons. The standard InChI is InChI=1S/C14H10ClN3O2/c15-12-5-6-13(17-16-12)18-8-9(7-14(19)20)10-3-1-2-4-11(10)18/h1-6,8H,7H2,(H,19,20).